The molecule has 8 heteroatoms. The van der Waals surface area contributed by atoms with Gasteiger partial charge in [-0.15, -0.1) is 0 Å². The standard InChI is InChI=1S/C21H23ClN2O5/c1-3-18(29-15-9-5-4-6-10-15)21(27)28-14-20(26)24(2)13-19(25)23-17-12-8-7-11-16(17)22/h4-12,18H,3,13-14H2,1-2H3,(H,23,25)/t18-/m0/s1. The van der Waals surface area contributed by atoms with Crippen LogP contribution in [-0.4, -0.2) is 49.0 Å². The van der Waals surface area contributed by atoms with Gasteiger partial charge in [0.2, 0.25) is 5.91 Å². The number of hydrogen-bond acceptors (Lipinski definition) is 5. The molecule has 1 atom stereocenters. The first kappa shape index (κ1) is 22.2. The van der Waals surface area contributed by atoms with Crippen LogP contribution in [0.1, 0.15) is 13.3 Å². The van der Waals surface area contributed by atoms with Gasteiger partial charge < -0.3 is 19.7 Å². The molecule has 0 bridgehead atoms. The SMILES string of the molecule is CC[C@H](Oc1ccccc1)C(=O)OCC(=O)N(C)CC(=O)Nc1ccccc1Cl. The molecule has 0 radical (unpaired) electrons. The molecule has 0 heterocycles. The third-order valence-corrected chi connectivity index (χ3v) is 4.28. The van der Waals surface area contributed by atoms with Crippen molar-refractivity contribution in [2.24, 2.45) is 0 Å². The Labute approximate surface area is 174 Å². The summed E-state index contributed by atoms with van der Waals surface area (Å²) in [5.74, 6) is -1.03. The molecule has 2 rings (SSSR count). The summed E-state index contributed by atoms with van der Waals surface area (Å²) in [7, 11) is 1.44. The lowest BCUT2D eigenvalue weighted by Gasteiger charge is -2.19. The Bertz CT molecular complexity index is 844. The van der Waals surface area contributed by atoms with Crippen molar-refractivity contribution in [3.63, 3.8) is 0 Å². The van der Waals surface area contributed by atoms with Crippen LogP contribution in [0.5, 0.6) is 5.75 Å². The number of likely N-dealkylation sites (N-methyl/N-ethyl adjacent to an activating group) is 1. The summed E-state index contributed by atoms with van der Waals surface area (Å²) in [5, 5.41) is 3.02. The highest BCUT2D eigenvalue weighted by molar-refractivity contribution is 6.33. The van der Waals surface area contributed by atoms with Crippen molar-refractivity contribution in [1.82, 2.24) is 4.90 Å². The van der Waals surface area contributed by atoms with Crippen LogP contribution in [0.3, 0.4) is 0 Å². The van der Waals surface area contributed by atoms with E-state index in [-0.39, 0.29) is 6.54 Å². The molecule has 0 unspecified atom stereocenters. The van der Waals surface area contributed by atoms with Gasteiger partial charge in [0, 0.05) is 7.05 Å². The summed E-state index contributed by atoms with van der Waals surface area (Å²) in [6, 6.07) is 15.7. The molecule has 0 aromatic heterocycles. The Kier molecular flexibility index (Phi) is 8.48. The van der Waals surface area contributed by atoms with Gasteiger partial charge in [-0.25, -0.2) is 4.79 Å². The molecular formula is C21H23ClN2O5. The lowest BCUT2D eigenvalue weighted by atomic mass is 10.2. The molecule has 154 valence electrons. The lowest BCUT2D eigenvalue weighted by Crippen LogP contribution is -2.39. The molecule has 2 amide bonds. The zero-order chi connectivity index (χ0) is 21.2. The van der Waals surface area contributed by atoms with Crippen molar-refractivity contribution < 1.29 is 23.9 Å². The molecule has 7 nitrogen and oxygen atoms in total. The van der Waals surface area contributed by atoms with Crippen LogP contribution in [0.2, 0.25) is 5.02 Å². The average molecular weight is 419 g/mol. The number of benzene rings is 2. The smallest absolute Gasteiger partial charge is 0.347 e. The normalized spacial score (nSPS) is 11.3. The van der Waals surface area contributed by atoms with Crippen molar-refractivity contribution in [2.45, 2.75) is 19.4 Å². The van der Waals surface area contributed by atoms with E-state index in [1.54, 1.807) is 55.5 Å². The lowest BCUT2D eigenvalue weighted by molar-refractivity contribution is -0.158. The second-order valence-electron chi connectivity index (χ2n) is 6.21. The second kappa shape index (κ2) is 11.1. The first-order valence-electron chi connectivity index (χ1n) is 9.07. The fraction of sp³-hybridized carbons (Fsp3) is 0.286. The highest BCUT2D eigenvalue weighted by Gasteiger charge is 2.22. The number of nitrogens with zero attached hydrogens (tertiary/aromatic N) is 1. The quantitative estimate of drug-likeness (QED) is 0.632. The number of esters is 1. The third kappa shape index (κ3) is 7.12. The molecule has 2 aromatic rings. The molecule has 0 saturated heterocycles. The molecule has 0 fully saturated rings. The summed E-state index contributed by atoms with van der Waals surface area (Å²) in [6.07, 6.45) is -0.433. The minimum Gasteiger partial charge on any atom is -0.479 e. The van der Waals surface area contributed by atoms with E-state index in [4.69, 9.17) is 21.1 Å². The van der Waals surface area contributed by atoms with E-state index in [1.807, 2.05) is 6.07 Å². The number of anilines is 1. The molecule has 0 aliphatic rings. The predicted molar refractivity (Wildman–Crippen MR) is 110 cm³/mol. The fourth-order valence-electron chi connectivity index (χ4n) is 2.35. The van der Waals surface area contributed by atoms with Crippen LogP contribution in [0.4, 0.5) is 5.69 Å². The van der Waals surface area contributed by atoms with E-state index in [0.29, 0.717) is 22.9 Å². The van der Waals surface area contributed by atoms with Gasteiger partial charge in [-0.05, 0) is 30.7 Å². The van der Waals surface area contributed by atoms with Gasteiger partial charge in [0.1, 0.15) is 5.75 Å². The Morgan fingerprint density at radius 2 is 1.72 bits per heavy atom. The maximum absolute atomic E-state index is 12.2. The van der Waals surface area contributed by atoms with E-state index in [1.165, 1.54) is 11.9 Å². The van der Waals surface area contributed by atoms with Crippen LogP contribution >= 0.6 is 11.6 Å². The van der Waals surface area contributed by atoms with Gasteiger partial charge >= 0.3 is 5.97 Å². The van der Waals surface area contributed by atoms with Crippen molar-refractivity contribution >= 4 is 35.1 Å². The van der Waals surface area contributed by atoms with Crippen molar-refractivity contribution in [3.8, 4) is 5.75 Å². The van der Waals surface area contributed by atoms with Gasteiger partial charge in [0.05, 0.1) is 17.3 Å². The van der Waals surface area contributed by atoms with E-state index in [0.717, 1.165) is 0 Å². The summed E-state index contributed by atoms with van der Waals surface area (Å²) < 4.78 is 10.6. The first-order valence-corrected chi connectivity index (χ1v) is 9.45. The molecule has 2 aromatic carbocycles. The molecule has 29 heavy (non-hydrogen) atoms. The second-order valence-corrected chi connectivity index (χ2v) is 6.62. The monoisotopic (exact) mass is 418 g/mol. The number of hydrogen-bond donors (Lipinski definition) is 1. The van der Waals surface area contributed by atoms with E-state index >= 15 is 0 Å². The minimum atomic E-state index is -0.820. The molecule has 0 aliphatic carbocycles. The number of para-hydroxylation sites is 2. The number of halogens is 1. The van der Waals surface area contributed by atoms with E-state index in [9.17, 15) is 14.4 Å². The zero-order valence-corrected chi connectivity index (χ0v) is 17.0. The number of ether oxygens (including phenoxy) is 2. The Hall–Kier alpha value is -3.06. The van der Waals surface area contributed by atoms with Crippen molar-refractivity contribution in [1.29, 1.82) is 0 Å². The number of amides is 2. The molecule has 0 spiro atoms. The predicted octanol–water partition coefficient (Wildman–Crippen LogP) is 3.14. The first-order chi connectivity index (χ1) is 13.9. The van der Waals surface area contributed by atoms with E-state index in [2.05, 4.69) is 5.32 Å². The van der Waals surface area contributed by atoms with Crippen LogP contribution in [0, 0.1) is 0 Å². The Balaban J connectivity index is 1.80. The highest BCUT2D eigenvalue weighted by Crippen LogP contribution is 2.20. The maximum atomic E-state index is 12.2. The van der Waals surface area contributed by atoms with E-state index < -0.39 is 30.5 Å². The summed E-state index contributed by atoms with van der Waals surface area (Å²) in [6.45, 7) is 1.09. The van der Waals surface area contributed by atoms with Crippen molar-refractivity contribution in [2.75, 3.05) is 25.5 Å². The Morgan fingerprint density at radius 1 is 1.07 bits per heavy atom. The third-order valence-electron chi connectivity index (χ3n) is 3.95. The van der Waals surface area contributed by atoms with Gasteiger partial charge in [0.25, 0.3) is 5.91 Å². The summed E-state index contributed by atoms with van der Waals surface area (Å²) >= 11 is 5.99. The van der Waals surface area contributed by atoms with Crippen LogP contribution in [0.25, 0.3) is 0 Å². The molecule has 0 saturated carbocycles. The Morgan fingerprint density at radius 3 is 2.38 bits per heavy atom. The minimum absolute atomic E-state index is 0.209. The van der Waals surface area contributed by atoms with Crippen LogP contribution in [-0.2, 0) is 19.1 Å². The average Bonchev–Trinajstić information content (AvgIpc) is 2.72. The van der Waals surface area contributed by atoms with Gasteiger partial charge in [-0.3, -0.25) is 9.59 Å². The highest BCUT2D eigenvalue weighted by atomic mass is 35.5. The topological polar surface area (TPSA) is 84.9 Å². The van der Waals surface area contributed by atoms with Gasteiger partial charge in [-0.1, -0.05) is 48.9 Å². The number of rotatable bonds is 9. The van der Waals surface area contributed by atoms with Gasteiger partial charge in [0.15, 0.2) is 12.7 Å². The number of nitrogens with one attached hydrogen (secondary N) is 1. The largest absolute Gasteiger partial charge is 0.479 e. The summed E-state index contributed by atoms with van der Waals surface area (Å²) in [5.41, 5.74) is 0.454. The van der Waals surface area contributed by atoms with Gasteiger partial charge in [-0.2, -0.15) is 0 Å². The number of carbonyl (C=O) groups excluding carboxylic acids is 3. The van der Waals surface area contributed by atoms with Crippen LogP contribution < -0.4 is 10.1 Å². The molecule has 0 aliphatic heterocycles. The van der Waals surface area contributed by atoms with Crippen LogP contribution in [0.15, 0.2) is 54.6 Å². The maximum Gasteiger partial charge on any atom is 0.347 e. The molecular weight excluding hydrogens is 396 g/mol. The van der Waals surface area contributed by atoms with Crippen molar-refractivity contribution in [3.05, 3.63) is 59.6 Å². The zero-order valence-electron chi connectivity index (χ0n) is 16.3. The summed E-state index contributed by atoms with van der Waals surface area (Å²) in [4.78, 5) is 37.6. The molecule has 1 N–H and O–H groups in total. The number of carbonyl (C=O) groups is 3. The fourth-order valence-corrected chi connectivity index (χ4v) is 2.54.